The summed E-state index contributed by atoms with van der Waals surface area (Å²) in [6, 6.07) is 13.0. The molecule has 0 aliphatic heterocycles. The maximum Gasteiger partial charge on any atom is 0.243 e. The van der Waals surface area contributed by atoms with Crippen LogP contribution in [0.25, 0.3) is 0 Å². The molecular weight excluding hydrogens is 408 g/mol. The van der Waals surface area contributed by atoms with E-state index in [9.17, 15) is 19.5 Å². The van der Waals surface area contributed by atoms with Crippen molar-refractivity contribution in [1.29, 1.82) is 0 Å². The smallest absolute Gasteiger partial charge is 0.243 e. The number of amides is 3. The van der Waals surface area contributed by atoms with Crippen LogP contribution in [0, 0.1) is 5.92 Å². The first-order chi connectivity index (χ1) is 15.2. The molecule has 0 spiro atoms. The highest BCUT2D eigenvalue weighted by molar-refractivity contribution is 5.92. The zero-order valence-corrected chi connectivity index (χ0v) is 18.5. The van der Waals surface area contributed by atoms with E-state index in [2.05, 4.69) is 10.6 Å². The molecule has 2 aromatic carbocycles. The lowest BCUT2D eigenvalue weighted by atomic mass is 10.0. The van der Waals surface area contributed by atoms with Crippen LogP contribution in [0.2, 0.25) is 0 Å². The summed E-state index contributed by atoms with van der Waals surface area (Å²) in [5.74, 6) is -1.34. The summed E-state index contributed by atoms with van der Waals surface area (Å²) in [6.45, 7) is 3.85. The van der Waals surface area contributed by atoms with Crippen molar-refractivity contribution in [2.75, 3.05) is 0 Å². The normalized spacial score (nSPS) is 13.8. The van der Waals surface area contributed by atoms with Gasteiger partial charge in [0.25, 0.3) is 0 Å². The van der Waals surface area contributed by atoms with Crippen LogP contribution in [-0.4, -0.2) is 41.0 Å². The van der Waals surface area contributed by atoms with Gasteiger partial charge in [-0.05, 0) is 42.0 Å². The molecule has 0 saturated heterocycles. The second kappa shape index (κ2) is 11.9. The molecule has 3 amide bonds. The molecule has 0 aliphatic carbocycles. The lowest BCUT2D eigenvalue weighted by Gasteiger charge is -2.24. The van der Waals surface area contributed by atoms with Crippen molar-refractivity contribution >= 4 is 17.7 Å². The number of hydrogen-bond acceptors (Lipinski definition) is 5. The second-order valence-corrected chi connectivity index (χ2v) is 8.32. The van der Waals surface area contributed by atoms with Gasteiger partial charge in [0.2, 0.25) is 17.7 Å². The minimum absolute atomic E-state index is 0.122. The van der Waals surface area contributed by atoms with Gasteiger partial charge >= 0.3 is 0 Å². The number of nitrogens with two attached hydrogens (primary N) is 2. The Morgan fingerprint density at radius 2 is 1.41 bits per heavy atom. The Morgan fingerprint density at radius 1 is 0.844 bits per heavy atom. The SMILES string of the molecule is CC(C)C[C@H](NC(=O)[C@H](Cc1ccccc1)NC(=O)[C@@H](N)Cc1ccc(O)cc1)C(N)=O. The molecule has 0 bridgehead atoms. The lowest BCUT2D eigenvalue weighted by Crippen LogP contribution is -2.56. The number of hydrogen-bond donors (Lipinski definition) is 5. The average molecular weight is 441 g/mol. The van der Waals surface area contributed by atoms with Crippen molar-refractivity contribution < 1.29 is 19.5 Å². The molecule has 0 fully saturated rings. The van der Waals surface area contributed by atoms with E-state index in [1.54, 1.807) is 12.1 Å². The first kappa shape index (κ1) is 24.9. The number of phenolic OH excluding ortho intramolecular Hbond substituents is 1. The van der Waals surface area contributed by atoms with E-state index >= 15 is 0 Å². The highest BCUT2D eigenvalue weighted by atomic mass is 16.3. The summed E-state index contributed by atoms with van der Waals surface area (Å²) in [5, 5.41) is 14.8. The van der Waals surface area contributed by atoms with Crippen molar-refractivity contribution in [3.63, 3.8) is 0 Å². The second-order valence-electron chi connectivity index (χ2n) is 8.32. The van der Waals surface area contributed by atoms with E-state index in [1.165, 1.54) is 12.1 Å². The summed E-state index contributed by atoms with van der Waals surface area (Å²) in [4.78, 5) is 37.5. The number of nitrogens with one attached hydrogen (secondary N) is 2. The Kier molecular flexibility index (Phi) is 9.22. The van der Waals surface area contributed by atoms with Crippen LogP contribution in [0.15, 0.2) is 54.6 Å². The largest absolute Gasteiger partial charge is 0.508 e. The Balaban J connectivity index is 2.12. The van der Waals surface area contributed by atoms with Crippen LogP contribution in [0.5, 0.6) is 5.75 Å². The molecule has 0 radical (unpaired) electrons. The van der Waals surface area contributed by atoms with Crippen LogP contribution >= 0.6 is 0 Å². The minimum Gasteiger partial charge on any atom is -0.508 e. The molecule has 0 unspecified atom stereocenters. The molecule has 7 N–H and O–H groups in total. The Labute approximate surface area is 188 Å². The van der Waals surface area contributed by atoms with Gasteiger partial charge in [-0.25, -0.2) is 0 Å². The molecule has 32 heavy (non-hydrogen) atoms. The maximum absolute atomic E-state index is 13.0. The van der Waals surface area contributed by atoms with Gasteiger partial charge in [-0.2, -0.15) is 0 Å². The predicted molar refractivity (Wildman–Crippen MR) is 122 cm³/mol. The van der Waals surface area contributed by atoms with Crippen LogP contribution in [-0.2, 0) is 27.2 Å². The van der Waals surface area contributed by atoms with Gasteiger partial charge in [-0.3, -0.25) is 14.4 Å². The number of carbonyl (C=O) groups excluding carboxylic acids is 3. The maximum atomic E-state index is 13.0. The topological polar surface area (TPSA) is 148 Å². The number of carbonyl (C=O) groups is 3. The van der Waals surface area contributed by atoms with Gasteiger partial charge in [-0.15, -0.1) is 0 Å². The molecule has 3 atom stereocenters. The molecule has 0 heterocycles. The summed E-state index contributed by atoms with van der Waals surface area (Å²) in [5.41, 5.74) is 13.1. The number of rotatable bonds is 11. The average Bonchev–Trinajstić information content (AvgIpc) is 2.74. The summed E-state index contributed by atoms with van der Waals surface area (Å²) in [6.07, 6.45) is 0.869. The predicted octanol–water partition coefficient (Wildman–Crippen LogP) is 1.01. The fourth-order valence-corrected chi connectivity index (χ4v) is 3.31. The molecular formula is C24H32N4O4. The molecule has 0 aromatic heterocycles. The number of phenols is 1. The summed E-state index contributed by atoms with van der Waals surface area (Å²) < 4.78 is 0. The molecule has 172 valence electrons. The van der Waals surface area contributed by atoms with Crippen LogP contribution in [0.3, 0.4) is 0 Å². The molecule has 8 heteroatoms. The fraction of sp³-hybridized carbons (Fsp3) is 0.375. The fourth-order valence-electron chi connectivity index (χ4n) is 3.31. The third-order valence-electron chi connectivity index (χ3n) is 5.01. The van der Waals surface area contributed by atoms with Crippen molar-refractivity contribution in [2.45, 2.75) is 51.2 Å². The van der Waals surface area contributed by atoms with Gasteiger partial charge < -0.3 is 27.2 Å². The standard InChI is InChI=1S/C24H32N4O4/c1-15(2)12-20(22(26)30)27-24(32)21(14-16-6-4-3-5-7-16)28-23(31)19(25)13-17-8-10-18(29)11-9-17/h3-11,15,19-21,29H,12-14,25H2,1-2H3,(H2,26,30)(H,27,32)(H,28,31)/t19-,20-,21-/m0/s1. The van der Waals surface area contributed by atoms with Crippen LogP contribution in [0.1, 0.15) is 31.4 Å². The van der Waals surface area contributed by atoms with E-state index < -0.39 is 35.8 Å². The van der Waals surface area contributed by atoms with Crippen molar-refractivity contribution in [1.82, 2.24) is 10.6 Å². The van der Waals surface area contributed by atoms with E-state index in [4.69, 9.17) is 11.5 Å². The van der Waals surface area contributed by atoms with Crippen molar-refractivity contribution in [3.05, 3.63) is 65.7 Å². The highest BCUT2D eigenvalue weighted by Gasteiger charge is 2.28. The Morgan fingerprint density at radius 3 is 1.97 bits per heavy atom. The number of aromatic hydroxyl groups is 1. The zero-order valence-electron chi connectivity index (χ0n) is 18.5. The highest BCUT2D eigenvalue weighted by Crippen LogP contribution is 2.12. The minimum atomic E-state index is -0.926. The van der Waals surface area contributed by atoms with Gasteiger partial charge in [0.15, 0.2) is 0 Å². The molecule has 2 rings (SSSR count). The molecule has 8 nitrogen and oxygen atoms in total. The molecule has 0 saturated carbocycles. The van der Waals surface area contributed by atoms with Crippen LogP contribution < -0.4 is 22.1 Å². The third kappa shape index (κ3) is 8.03. The quantitative estimate of drug-likeness (QED) is 0.354. The summed E-state index contributed by atoms with van der Waals surface area (Å²) in [7, 11) is 0. The Bertz CT molecular complexity index is 900. The van der Waals surface area contributed by atoms with Gasteiger partial charge in [-0.1, -0.05) is 56.3 Å². The monoisotopic (exact) mass is 440 g/mol. The number of benzene rings is 2. The molecule has 2 aromatic rings. The third-order valence-corrected chi connectivity index (χ3v) is 5.01. The van der Waals surface area contributed by atoms with E-state index in [0.29, 0.717) is 6.42 Å². The lowest BCUT2D eigenvalue weighted by molar-refractivity contribution is -0.131. The first-order valence-corrected chi connectivity index (χ1v) is 10.6. The first-order valence-electron chi connectivity index (χ1n) is 10.6. The number of primary amides is 1. The Hall–Kier alpha value is -3.39. The van der Waals surface area contributed by atoms with E-state index in [-0.39, 0.29) is 24.5 Å². The van der Waals surface area contributed by atoms with Crippen molar-refractivity contribution in [3.8, 4) is 5.75 Å². The van der Waals surface area contributed by atoms with Crippen molar-refractivity contribution in [2.24, 2.45) is 17.4 Å². The van der Waals surface area contributed by atoms with E-state index in [1.807, 2.05) is 44.2 Å². The van der Waals surface area contributed by atoms with Gasteiger partial charge in [0.05, 0.1) is 6.04 Å². The van der Waals surface area contributed by atoms with E-state index in [0.717, 1.165) is 11.1 Å². The van der Waals surface area contributed by atoms with Gasteiger partial charge in [0.1, 0.15) is 17.8 Å². The molecule has 0 aliphatic rings. The zero-order chi connectivity index (χ0) is 23.7. The van der Waals surface area contributed by atoms with Gasteiger partial charge in [0, 0.05) is 6.42 Å². The summed E-state index contributed by atoms with van der Waals surface area (Å²) >= 11 is 0. The van der Waals surface area contributed by atoms with Crippen LogP contribution in [0.4, 0.5) is 0 Å².